The summed E-state index contributed by atoms with van der Waals surface area (Å²) in [4.78, 5) is 28.2. The van der Waals surface area contributed by atoms with Crippen LogP contribution in [-0.4, -0.2) is 15.4 Å². The number of pyridine rings is 1. The Hall–Kier alpha value is -3.15. The molecule has 0 bridgehead atoms. The molecular formula is C15H12N4O2. The largest absolute Gasteiger partial charge is 0.323 e. The fraction of sp³-hybridized carbons (Fsp3) is 0. The van der Waals surface area contributed by atoms with Gasteiger partial charge in [-0.1, -0.05) is 24.3 Å². The summed E-state index contributed by atoms with van der Waals surface area (Å²) in [6, 6.07) is 13.7. The minimum atomic E-state index is -0.490. The maximum absolute atomic E-state index is 12.2. The molecule has 6 nitrogen and oxygen atoms in total. The molecule has 0 aliphatic rings. The first-order valence-electron chi connectivity index (χ1n) is 6.33. The van der Waals surface area contributed by atoms with E-state index in [1.807, 2.05) is 18.2 Å². The van der Waals surface area contributed by atoms with Crippen molar-refractivity contribution in [1.82, 2.24) is 9.38 Å². The smallest absolute Gasteiger partial charge is 0.308 e. The number of para-hydroxylation sites is 1. The summed E-state index contributed by atoms with van der Waals surface area (Å²) in [6.45, 7) is 0. The maximum Gasteiger partial charge on any atom is 0.323 e. The number of amides is 2. The molecule has 0 aliphatic carbocycles. The van der Waals surface area contributed by atoms with Crippen molar-refractivity contribution in [2.45, 2.75) is 0 Å². The van der Waals surface area contributed by atoms with Gasteiger partial charge in [-0.3, -0.25) is 9.20 Å². The molecule has 2 aromatic heterocycles. The number of aromatic nitrogens is 2. The molecule has 0 unspecified atom stereocenters. The molecule has 0 atom stereocenters. The van der Waals surface area contributed by atoms with E-state index in [0.29, 0.717) is 11.3 Å². The number of nitrogens with zero attached hydrogens (tertiary/aromatic N) is 2. The Morgan fingerprint density at radius 1 is 1.00 bits per heavy atom. The van der Waals surface area contributed by atoms with Crippen LogP contribution in [0.25, 0.3) is 5.65 Å². The molecule has 6 heteroatoms. The van der Waals surface area contributed by atoms with Crippen LogP contribution in [0.15, 0.2) is 65.7 Å². The summed E-state index contributed by atoms with van der Waals surface area (Å²) in [5.74, 6) is 0. The first-order valence-corrected chi connectivity index (χ1v) is 6.33. The van der Waals surface area contributed by atoms with Crippen LogP contribution in [0.1, 0.15) is 0 Å². The number of carbonyl (C=O) groups is 1. The topological polar surface area (TPSA) is 75.5 Å². The average molecular weight is 280 g/mol. The van der Waals surface area contributed by atoms with Gasteiger partial charge in [-0.05, 0) is 24.3 Å². The normalized spacial score (nSPS) is 10.3. The van der Waals surface area contributed by atoms with E-state index in [0.717, 1.165) is 0 Å². The van der Waals surface area contributed by atoms with E-state index in [1.54, 1.807) is 36.5 Å². The predicted molar refractivity (Wildman–Crippen MR) is 80.5 cm³/mol. The van der Waals surface area contributed by atoms with Gasteiger partial charge in [0.05, 0.1) is 6.20 Å². The van der Waals surface area contributed by atoms with Crippen molar-refractivity contribution in [3.63, 3.8) is 0 Å². The highest BCUT2D eigenvalue weighted by atomic mass is 16.2. The number of benzene rings is 1. The molecule has 2 N–H and O–H groups in total. The molecule has 1 aromatic carbocycles. The van der Waals surface area contributed by atoms with Gasteiger partial charge < -0.3 is 10.6 Å². The van der Waals surface area contributed by atoms with Gasteiger partial charge in [0.2, 0.25) is 0 Å². The van der Waals surface area contributed by atoms with Gasteiger partial charge in [-0.25, -0.2) is 9.78 Å². The van der Waals surface area contributed by atoms with Crippen LogP contribution in [0.3, 0.4) is 0 Å². The first-order chi connectivity index (χ1) is 10.2. The molecule has 0 radical (unpaired) electrons. The van der Waals surface area contributed by atoms with E-state index in [-0.39, 0.29) is 11.2 Å². The number of anilines is 2. The number of fused-ring (bicyclic) bond motifs is 1. The number of urea groups is 1. The summed E-state index contributed by atoms with van der Waals surface area (Å²) in [7, 11) is 0. The number of hydrogen-bond acceptors (Lipinski definition) is 3. The quantitative estimate of drug-likeness (QED) is 0.756. The minimum absolute atomic E-state index is 0.118. The van der Waals surface area contributed by atoms with Crippen molar-refractivity contribution in [1.29, 1.82) is 0 Å². The first kappa shape index (κ1) is 12.9. The average Bonchev–Trinajstić information content (AvgIpc) is 2.51. The second-order valence-electron chi connectivity index (χ2n) is 4.35. The monoisotopic (exact) mass is 280 g/mol. The van der Waals surface area contributed by atoms with Gasteiger partial charge in [-0.2, -0.15) is 0 Å². The lowest BCUT2D eigenvalue weighted by Gasteiger charge is -2.07. The lowest BCUT2D eigenvalue weighted by Crippen LogP contribution is -2.26. The van der Waals surface area contributed by atoms with Gasteiger partial charge in [-0.15, -0.1) is 0 Å². The highest BCUT2D eigenvalue weighted by Gasteiger charge is 2.08. The second kappa shape index (κ2) is 5.46. The Morgan fingerprint density at radius 3 is 2.57 bits per heavy atom. The summed E-state index contributed by atoms with van der Waals surface area (Å²) in [5, 5.41) is 5.14. The fourth-order valence-electron chi connectivity index (χ4n) is 1.92. The van der Waals surface area contributed by atoms with Crippen molar-refractivity contribution in [3.8, 4) is 0 Å². The van der Waals surface area contributed by atoms with Crippen LogP contribution in [-0.2, 0) is 0 Å². The van der Waals surface area contributed by atoms with E-state index in [1.165, 1.54) is 10.6 Å². The number of nitrogens with one attached hydrogen (secondary N) is 2. The van der Waals surface area contributed by atoms with Gasteiger partial charge >= 0.3 is 6.03 Å². The van der Waals surface area contributed by atoms with Crippen molar-refractivity contribution >= 4 is 23.1 Å². The molecule has 104 valence electrons. The van der Waals surface area contributed by atoms with E-state index in [4.69, 9.17) is 0 Å². The number of rotatable bonds is 2. The van der Waals surface area contributed by atoms with Crippen molar-refractivity contribution in [2.24, 2.45) is 0 Å². The van der Waals surface area contributed by atoms with Crippen LogP contribution in [0, 0.1) is 0 Å². The van der Waals surface area contributed by atoms with Crippen LogP contribution in [0.5, 0.6) is 0 Å². The maximum atomic E-state index is 12.2. The molecule has 0 aliphatic heterocycles. The molecule has 0 spiro atoms. The Bertz CT molecular complexity index is 843. The Kier molecular flexibility index (Phi) is 3.34. The molecule has 21 heavy (non-hydrogen) atoms. The van der Waals surface area contributed by atoms with Crippen molar-refractivity contribution < 1.29 is 4.79 Å². The molecular weight excluding hydrogens is 268 g/mol. The van der Waals surface area contributed by atoms with E-state index < -0.39 is 6.03 Å². The Labute approximate surface area is 120 Å². The van der Waals surface area contributed by atoms with Crippen molar-refractivity contribution in [2.75, 3.05) is 10.6 Å². The molecule has 0 fully saturated rings. The Balaban J connectivity index is 1.83. The van der Waals surface area contributed by atoms with E-state index in [2.05, 4.69) is 15.6 Å². The molecule has 3 rings (SSSR count). The van der Waals surface area contributed by atoms with E-state index >= 15 is 0 Å². The van der Waals surface area contributed by atoms with Crippen LogP contribution in [0.2, 0.25) is 0 Å². The summed E-state index contributed by atoms with van der Waals surface area (Å²) in [5.41, 5.74) is 0.955. The highest BCUT2D eigenvalue weighted by Crippen LogP contribution is 2.06. The van der Waals surface area contributed by atoms with Gasteiger partial charge in [0.1, 0.15) is 11.3 Å². The Morgan fingerprint density at radius 2 is 1.76 bits per heavy atom. The third-order valence-corrected chi connectivity index (χ3v) is 2.89. The summed E-state index contributed by atoms with van der Waals surface area (Å²) >= 11 is 0. The van der Waals surface area contributed by atoms with Crippen molar-refractivity contribution in [3.05, 3.63) is 71.3 Å². The van der Waals surface area contributed by atoms with Crippen LogP contribution < -0.4 is 16.2 Å². The lowest BCUT2D eigenvalue weighted by molar-refractivity contribution is 0.262. The zero-order chi connectivity index (χ0) is 14.7. The third-order valence-electron chi connectivity index (χ3n) is 2.89. The zero-order valence-electron chi connectivity index (χ0n) is 11.0. The zero-order valence-corrected chi connectivity index (χ0v) is 11.0. The third kappa shape index (κ3) is 2.74. The molecule has 2 heterocycles. The fourth-order valence-corrected chi connectivity index (χ4v) is 1.92. The summed E-state index contributed by atoms with van der Waals surface area (Å²) in [6.07, 6.45) is 2.95. The molecule has 2 amide bonds. The lowest BCUT2D eigenvalue weighted by atomic mass is 10.3. The molecule has 3 aromatic rings. The second-order valence-corrected chi connectivity index (χ2v) is 4.35. The van der Waals surface area contributed by atoms with Gasteiger partial charge in [0.25, 0.3) is 5.56 Å². The standard InChI is InChI=1S/C15H12N4O2/c20-14-12(10-16-13-8-4-5-9-19(13)14)18-15(21)17-11-6-2-1-3-7-11/h1-10H,(H2,17,18,21). The van der Waals surface area contributed by atoms with Gasteiger partial charge in [0, 0.05) is 11.9 Å². The highest BCUT2D eigenvalue weighted by molar-refractivity contribution is 5.99. The van der Waals surface area contributed by atoms with Crippen LogP contribution >= 0.6 is 0 Å². The van der Waals surface area contributed by atoms with Crippen LogP contribution in [0.4, 0.5) is 16.2 Å². The van der Waals surface area contributed by atoms with Gasteiger partial charge in [0.15, 0.2) is 0 Å². The molecule has 0 saturated carbocycles. The molecule has 0 saturated heterocycles. The van der Waals surface area contributed by atoms with E-state index in [9.17, 15) is 9.59 Å². The predicted octanol–water partition coefficient (Wildman–Crippen LogP) is 2.34. The number of carbonyl (C=O) groups excluding carboxylic acids is 1. The number of hydrogen-bond donors (Lipinski definition) is 2. The summed E-state index contributed by atoms with van der Waals surface area (Å²) < 4.78 is 1.37. The minimum Gasteiger partial charge on any atom is -0.308 e. The SMILES string of the molecule is O=C(Nc1ccccc1)Nc1cnc2ccccn2c1=O.